The van der Waals surface area contributed by atoms with Gasteiger partial charge in [0.1, 0.15) is 11.5 Å². The average Bonchev–Trinajstić information content (AvgIpc) is 2.98. The minimum Gasteiger partial charge on any atom is -0.339 e. The number of nitrogens with zero attached hydrogens (tertiary/aromatic N) is 3. The van der Waals surface area contributed by atoms with Gasteiger partial charge in [-0.2, -0.15) is 4.98 Å². The van der Waals surface area contributed by atoms with E-state index in [0.717, 1.165) is 12.8 Å². The Balaban J connectivity index is 1.83. The molecule has 1 saturated carbocycles. The fourth-order valence-electron chi connectivity index (χ4n) is 1.85. The van der Waals surface area contributed by atoms with Crippen LogP contribution in [0.5, 0.6) is 0 Å². The van der Waals surface area contributed by atoms with Gasteiger partial charge in [-0.1, -0.05) is 11.6 Å². The molecule has 0 aliphatic heterocycles. The van der Waals surface area contributed by atoms with Crippen LogP contribution >= 0.6 is 11.6 Å². The van der Waals surface area contributed by atoms with Crippen molar-refractivity contribution in [2.45, 2.75) is 25.8 Å². The molecule has 1 fully saturated rings. The highest BCUT2D eigenvalue weighted by atomic mass is 35.5. The van der Waals surface area contributed by atoms with Crippen molar-refractivity contribution >= 4 is 23.5 Å². The third kappa shape index (κ3) is 2.11. The Labute approximate surface area is 108 Å². The molecule has 2 aromatic rings. The zero-order valence-electron chi connectivity index (χ0n) is 9.77. The highest BCUT2D eigenvalue weighted by Gasteiger charge is 2.28. The second kappa shape index (κ2) is 4.13. The topological polar surface area (TPSA) is 75.6 Å². The maximum Gasteiger partial charge on any atom is 0.274 e. The second-order valence-corrected chi connectivity index (χ2v) is 4.82. The van der Waals surface area contributed by atoms with Crippen LogP contribution in [0.2, 0.25) is 5.02 Å². The van der Waals surface area contributed by atoms with Gasteiger partial charge in [0.25, 0.3) is 5.91 Å². The molecule has 0 aromatic carbocycles. The lowest BCUT2D eigenvalue weighted by Gasteiger charge is -2.05. The zero-order valence-corrected chi connectivity index (χ0v) is 10.5. The monoisotopic (exact) mass is 265 g/mol. The van der Waals surface area contributed by atoms with Crippen LogP contribution < -0.4 is 5.32 Å². The molecule has 1 amide bonds. The van der Waals surface area contributed by atoms with Crippen LogP contribution in [-0.2, 0) is 0 Å². The summed E-state index contributed by atoms with van der Waals surface area (Å²) in [5.41, 5.74) is 0.546. The van der Waals surface area contributed by atoms with Gasteiger partial charge in [0.2, 0.25) is 5.95 Å². The number of hydrogen-bond acceptors (Lipinski definition) is 3. The first-order valence-corrected chi connectivity index (χ1v) is 6.09. The van der Waals surface area contributed by atoms with E-state index in [9.17, 15) is 4.79 Å². The fraction of sp³-hybridized carbons (Fsp3) is 0.364. The second-order valence-electron chi connectivity index (χ2n) is 4.38. The van der Waals surface area contributed by atoms with E-state index in [0.29, 0.717) is 22.6 Å². The largest absolute Gasteiger partial charge is 0.339 e. The number of amides is 1. The number of anilines is 1. The minimum atomic E-state index is -0.243. The van der Waals surface area contributed by atoms with Gasteiger partial charge in [-0.3, -0.25) is 15.2 Å². The van der Waals surface area contributed by atoms with E-state index < -0.39 is 0 Å². The number of H-pyrrole nitrogens is 1. The van der Waals surface area contributed by atoms with Gasteiger partial charge in [-0.15, -0.1) is 5.10 Å². The molecule has 18 heavy (non-hydrogen) atoms. The van der Waals surface area contributed by atoms with Crippen molar-refractivity contribution in [2.24, 2.45) is 0 Å². The molecule has 0 atom stereocenters. The molecule has 0 unspecified atom stereocenters. The van der Waals surface area contributed by atoms with E-state index in [4.69, 9.17) is 11.6 Å². The number of hydrogen-bond donors (Lipinski definition) is 2. The van der Waals surface area contributed by atoms with Gasteiger partial charge in [0, 0.05) is 12.2 Å². The molecule has 94 valence electrons. The Morgan fingerprint density at radius 3 is 3.00 bits per heavy atom. The number of carbonyl (C=O) groups is 1. The quantitative estimate of drug-likeness (QED) is 0.893. The molecule has 6 nitrogen and oxygen atoms in total. The molecule has 2 heterocycles. The fourth-order valence-corrected chi connectivity index (χ4v) is 2.06. The Kier molecular flexibility index (Phi) is 2.59. The number of halogens is 1. The van der Waals surface area contributed by atoms with Crippen LogP contribution in [0.1, 0.15) is 35.2 Å². The lowest BCUT2D eigenvalue weighted by molar-refractivity contribution is 0.101. The third-order valence-corrected chi connectivity index (χ3v) is 3.02. The lowest BCUT2D eigenvalue weighted by atomic mass is 10.4. The predicted octanol–water partition coefficient (Wildman–Crippen LogP) is 2.16. The van der Waals surface area contributed by atoms with Crippen LogP contribution in [0.15, 0.2) is 12.3 Å². The van der Waals surface area contributed by atoms with Gasteiger partial charge < -0.3 is 4.57 Å². The average molecular weight is 266 g/mol. The number of aromatic nitrogens is 4. The standard InChI is InChI=1S/C11H12ClN5O/c1-6-13-11(16-15-6)14-10(18)9-4-7(12)5-17(9)8-2-3-8/h4-5,8H,2-3H2,1H3,(H2,13,14,15,16,18). The first-order valence-electron chi connectivity index (χ1n) is 5.71. The van der Waals surface area contributed by atoms with Crippen molar-refractivity contribution in [3.05, 3.63) is 28.8 Å². The SMILES string of the molecule is Cc1nc(NC(=O)c2cc(Cl)cn2C2CC2)n[nH]1. The van der Waals surface area contributed by atoms with Crippen LogP contribution in [0.3, 0.4) is 0 Å². The highest BCUT2D eigenvalue weighted by molar-refractivity contribution is 6.31. The van der Waals surface area contributed by atoms with E-state index in [1.165, 1.54) is 0 Å². The van der Waals surface area contributed by atoms with Crippen molar-refractivity contribution in [1.29, 1.82) is 0 Å². The first-order chi connectivity index (χ1) is 8.63. The number of aryl methyl sites for hydroxylation is 1. The summed E-state index contributed by atoms with van der Waals surface area (Å²) in [6.07, 6.45) is 3.97. The van der Waals surface area contributed by atoms with Crippen molar-refractivity contribution < 1.29 is 4.79 Å². The van der Waals surface area contributed by atoms with Gasteiger partial charge in [-0.05, 0) is 25.8 Å². The van der Waals surface area contributed by atoms with E-state index in [2.05, 4.69) is 20.5 Å². The van der Waals surface area contributed by atoms with Gasteiger partial charge >= 0.3 is 0 Å². The van der Waals surface area contributed by atoms with Crippen molar-refractivity contribution in [1.82, 2.24) is 19.7 Å². The number of carbonyl (C=O) groups excluding carboxylic acids is 1. The summed E-state index contributed by atoms with van der Waals surface area (Å²) < 4.78 is 1.91. The molecule has 3 rings (SSSR count). The smallest absolute Gasteiger partial charge is 0.274 e. The molecule has 2 N–H and O–H groups in total. The molecule has 0 radical (unpaired) electrons. The van der Waals surface area contributed by atoms with Crippen LogP contribution in [0, 0.1) is 6.92 Å². The number of nitrogens with one attached hydrogen (secondary N) is 2. The van der Waals surface area contributed by atoms with Crippen LogP contribution in [0.4, 0.5) is 5.95 Å². The molecular formula is C11H12ClN5O. The van der Waals surface area contributed by atoms with Crippen LogP contribution in [0.25, 0.3) is 0 Å². The highest BCUT2D eigenvalue weighted by Crippen LogP contribution is 2.37. The van der Waals surface area contributed by atoms with E-state index in [-0.39, 0.29) is 11.9 Å². The summed E-state index contributed by atoms with van der Waals surface area (Å²) >= 11 is 5.95. The van der Waals surface area contributed by atoms with E-state index in [1.54, 1.807) is 19.2 Å². The van der Waals surface area contributed by atoms with Gasteiger partial charge in [-0.25, -0.2) is 0 Å². The maximum atomic E-state index is 12.1. The Hall–Kier alpha value is -1.82. The molecule has 1 aliphatic carbocycles. The van der Waals surface area contributed by atoms with Gasteiger partial charge in [0.05, 0.1) is 5.02 Å². The Bertz CT molecular complexity index is 598. The summed E-state index contributed by atoms with van der Waals surface area (Å²) in [7, 11) is 0. The summed E-state index contributed by atoms with van der Waals surface area (Å²) in [5.74, 6) is 0.686. The summed E-state index contributed by atoms with van der Waals surface area (Å²) in [6.45, 7) is 1.77. The maximum absolute atomic E-state index is 12.1. The molecule has 7 heteroatoms. The lowest BCUT2D eigenvalue weighted by Crippen LogP contribution is -2.17. The molecule has 0 spiro atoms. The molecule has 0 saturated heterocycles. The first kappa shape index (κ1) is 11.3. The molecule has 1 aliphatic rings. The summed E-state index contributed by atoms with van der Waals surface area (Å²) in [4.78, 5) is 16.1. The van der Waals surface area contributed by atoms with Crippen molar-refractivity contribution in [2.75, 3.05) is 5.32 Å². The van der Waals surface area contributed by atoms with Crippen LogP contribution in [-0.4, -0.2) is 25.7 Å². The van der Waals surface area contributed by atoms with Gasteiger partial charge in [0.15, 0.2) is 0 Å². The van der Waals surface area contributed by atoms with E-state index >= 15 is 0 Å². The predicted molar refractivity (Wildman–Crippen MR) is 66.8 cm³/mol. The number of aromatic amines is 1. The van der Waals surface area contributed by atoms with Crippen molar-refractivity contribution in [3.63, 3.8) is 0 Å². The van der Waals surface area contributed by atoms with E-state index in [1.807, 2.05) is 4.57 Å². The zero-order chi connectivity index (χ0) is 12.7. The Morgan fingerprint density at radius 1 is 1.61 bits per heavy atom. The normalized spacial score (nSPS) is 14.8. The molecule has 2 aromatic heterocycles. The third-order valence-electron chi connectivity index (χ3n) is 2.81. The number of rotatable bonds is 3. The van der Waals surface area contributed by atoms with Crippen molar-refractivity contribution in [3.8, 4) is 0 Å². The molecular weight excluding hydrogens is 254 g/mol. The molecule has 0 bridgehead atoms. The Morgan fingerprint density at radius 2 is 2.39 bits per heavy atom. The summed E-state index contributed by atoms with van der Waals surface area (Å²) in [6, 6.07) is 2.06. The minimum absolute atomic E-state index is 0.243. The summed E-state index contributed by atoms with van der Waals surface area (Å²) in [5, 5.41) is 9.75.